The maximum atomic E-state index is 5.82. The summed E-state index contributed by atoms with van der Waals surface area (Å²) in [6.07, 6.45) is 0. The van der Waals surface area contributed by atoms with Gasteiger partial charge in [-0.3, -0.25) is 0 Å². The Morgan fingerprint density at radius 2 is 1.22 bits per heavy atom. The lowest BCUT2D eigenvalue weighted by Crippen LogP contribution is -1.95. The molecule has 32 heavy (non-hydrogen) atoms. The molecule has 0 aliphatic rings. The molecule has 1 aromatic heterocycles. The van der Waals surface area contributed by atoms with E-state index in [-0.39, 0.29) is 0 Å². The molecule has 0 bridgehead atoms. The predicted molar refractivity (Wildman–Crippen MR) is 134 cm³/mol. The Labute approximate surface area is 186 Å². The lowest BCUT2D eigenvalue weighted by Gasteiger charge is -2.15. The normalized spacial score (nSPS) is 11.3. The van der Waals surface area contributed by atoms with Crippen molar-refractivity contribution >= 4 is 32.3 Å². The highest BCUT2D eigenvalue weighted by Crippen LogP contribution is 2.40. The van der Waals surface area contributed by atoms with Gasteiger partial charge in [0.15, 0.2) is 0 Å². The van der Waals surface area contributed by atoms with Crippen LogP contribution < -0.4 is 4.74 Å². The average Bonchev–Trinajstić information content (AvgIpc) is 2.87. The number of fused-ring (bicyclic) bond motifs is 3. The number of nitrogens with zero attached hydrogens (tertiary/aromatic N) is 1. The van der Waals surface area contributed by atoms with Crippen LogP contribution in [-0.4, -0.2) is 12.1 Å². The standard InChI is InChI=1S/C30H21NO/c1-32-28-17-16-21-9-4-6-12-25(21)29(28)30-26-13-7-5-11-23(26)19-27(31-30)24-15-14-20-8-2-3-10-22(20)18-24/h2-19H,1H3. The first-order chi connectivity index (χ1) is 15.8. The van der Waals surface area contributed by atoms with Gasteiger partial charge in [-0.2, -0.15) is 0 Å². The van der Waals surface area contributed by atoms with Crippen molar-refractivity contribution in [1.29, 1.82) is 0 Å². The average molecular weight is 412 g/mol. The maximum Gasteiger partial charge on any atom is 0.128 e. The van der Waals surface area contributed by atoms with E-state index in [9.17, 15) is 0 Å². The fraction of sp³-hybridized carbons (Fsp3) is 0.0333. The van der Waals surface area contributed by atoms with Crippen molar-refractivity contribution in [2.75, 3.05) is 7.11 Å². The highest BCUT2D eigenvalue weighted by molar-refractivity contribution is 6.07. The van der Waals surface area contributed by atoms with Crippen molar-refractivity contribution in [3.63, 3.8) is 0 Å². The van der Waals surface area contributed by atoms with Crippen molar-refractivity contribution in [3.8, 4) is 28.3 Å². The monoisotopic (exact) mass is 411 g/mol. The molecule has 1 heterocycles. The van der Waals surface area contributed by atoms with Gasteiger partial charge in [-0.1, -0.05) is 91.0 Å². The van der Waals surface area contributed by atoms with Gasteiger partial charge in [0, 0.05) is 10.9 Å². The molecule has 0 unspecified atom stereocenters. The number of ether oxygens (including phenoxy) is 1. The van der Waals surface area contributed by atoms with Crippen LogP contribution in [0.1, 0.15) is 0 Å². The van der Waals surface area contributed by atoms with Gasteiger partial charge in [-0.15, -0.1) is 0 Å². The molecule has 0 radical (unpaired) electrons. The first kappa shape index (κ1) is 18.6. The highest BCUT2D eigenvalue weighted by atomic mass is 16.5. The third kappa shape index (κ3) is 3.00. The summed E-state index contributed by atoms with van der Waals surface area (Å²) in [6.45, 7) is 0. The van der Waals surface area contributed by atoms with E-state index in [2.05, 4.69) is 103 Å². The Bertz CT molecular complexity index is 1620. The molecule has 6 aromatic rings. The van der Waals surface area contributed by atoms with Crippen LogP contribution in [0.15, 0.2) is 109 Å². The number of hydrogen-bond acceptors (Lipinski definition) is 2. The fourth-order valence-corrected chi connectivity index (χ4v) is 4.55. The van der Waals surface area contributed by atoms with Crippen LogP contribution in [0.25, 0.3) is 54.8 Å². The molecule has 0 atom stereocenters. The van der Waals surface area contributed by atoms with Crippen LogP contribution in [-0.2, 0) is 0 Å². The second-order valence-electron chi connectivity index (χ2n) is 8.00. The van der Waals surface area contributed by atoms with Crippen LogP contribution in [0.4, 0.5) is 0 Å². The molecular weight excluding hydrogens is 390 g/mol. The zero-order valence-corrected chi connectivity index (χ0v) is 17.7. The summed E-state index contributed by atoms with van der Waals surface area (Å²) in [4.78, 5) is 5.23. The number of pyridine rings is 1. The molecule has 0 amide bonds. The second-order valence-corrected chi connectivity index (χ2v) is 8.00. The van der Waals surface area contributed by atoms with E-state index in [4.69, 9.17) is 9.72 Å². The molecule has 6 rings (SSSR count). The molecule has 0 aliphatic carbocycles. The summed E-state index contributed by atoms with van der Waals surface area (Å²) in [5.41, 5.74) is 4.04. The summed E-state index contributed by atoms with van der Waals surface area (Å²) in [5, 5.41) is 7.03. The second kappa shape index (κ2) is 7.51. The minimum atomic E-state index is 0.831. The molecule has 2 nitrogen and oxygen atoms in total. The minimum Gasteiger partial charge on any atom is -0.496 e. The Hall–Kier alpha value is -4.17. The van der Waals surface area contributed by atoms with E-state index < -0.39 is 0 Å². The first-order valence-electron chi connectivity index (χ1n) is 10.8. The van der Waals surface area contributed by atoms with Crippen molar-refractivity contribution in [2.24, 2.45) is 0 Å². The van der Waals surface area contributed by atoms with Gasteiger partial charge in [0.1, 0.15) is 5.75 Å². The third-order valence-electron chi connectivity index (χ3n) is 6.13. The minimum absolute atomic E-state index is 0.831. The van der Waals surface area contributed by atoms with Crippen molar-refractivity contribution < 1.29 is 4.74 Å². The summed E-state index contributed by atoms with van der Waals surface area (Å²) in [5.74, 6) is 0.831. The molecule has 0 N–H and O–H groups in total. The van der Waals surface area contributed by atoms with Gasteiger partial charge in [-0.05, 0) is 45.1 Å². The van der Waals surface area contributed by atoms with Gasteiger partial charge in [0.2, 0.25) is 0 Å². The van der Waals surface area contributed by atoms with Gasteiger partial charge in [0.25, 0.3) is 0 Å². The van der Waals surface area contributed by atoms with Crippen LogP contribution in [0.5, 0.6) is 5.75 Å². The van der Waals surface area contributed by atoms with E-state index in [1.807, 2.05) is 6.07 Å². The van der Waals surface area contributed by atoms with Gasteiger partial charge in [0.05, 0.1) is 24.1 Å². The number of aromatic nitrogens is 1. The van der Waals surface area contributed by atoms with E-state index in [0.717, 1.165) is 44.4 Å². The Balaban J connectivity index is 1.69. The Kier molecular flexibility index (Phi) is 4.36. The number of rotatable bonds is 3. The highest BCUT2D eigenvalue weighted by Gasteiger charge is 2.17. The number of hydrogen-bond donors (Lipinski definition) is 0. The summed E-state index contributed by atoms with van der Waals surface area (Å²) >= 11 is 0. The molecular formula is C30H21NO. The predicted octanol–water partition coefficient (Wildman–Crippen LogP) is 7.88. The largest absolute Gasteiger partial charge is 0.496 e. The van der Waals surface area contributed by atoms with Crippen LogP contribution in [0.3, 0.4) is 0 Å². The van der Waals surface area contributed by atoms with Gasteiger partial charge >= 0.3 is 0 Å². The number of benzene rings is 5. The van der Waals surface area contributed by atoms with Crippen molar-refractivity contribution in [1.82, 2.24) is 4.98 Å². The molecule has 0 spiro atoms. The maximum absolute atomic E-state index is 5.82. The third-order valence-corrected chi connectivity index (χ3v) is 6.13. The number of methoxy groups -OCH3 is 1. The Morgan fingerprint density at radius 3 is 2.03 bits per heavy atom. The van der Waals surface area contributed by atoms with E-state index in [0.29, 0.717) is 0 Å². The summed E-state index contributed by atoms with van der Waals surface area (Å²) in [6, 6.07) is 38.2. The topological polar surface area (TPSA) is 22.1 Å². The Morgan fingerprint density at radius 1 is 0.562 bits per heavy atom. The lowest BCUT2D eigenvalue weighted by atomic mass is 9.95. The van der Waals surface area contributed by atoms with Gasteiger partial charge in [-0.25, -0.2) is 4.98 Å². The summed E-state index contributed by atoms with van der Waals surface area (Å²) in [7, 11) is 1.73. The first-order valence-corrected chi connectivity index (χ1v) is 10.8. The van der Waals surface area contributed by atoms with Gasteiger partial charge < -0.3 is 4.74 Å². The molecule has 2 heteroatoms. The van der Waals surface area contributed by atoms with Crippen LogP contribution in [0.2, 0.25) is 0 Å². The van der Waals surface area contributed by atoms with Crippen LogP contribution in [0, 0.1) is 0 Å². The molecule has 5 aromatic carbocycles. The summed E-state index contributed by atoms with van der Waals surface area (Å²) < 4.78 is 5.82. The molecule has 0 fully saturated rings. The molecule has 152 valence electrons. The van der Waals surface area contributed by atoms with E-state index >= 15 is 0 Å². The zero-order valence-electron chi connectivity index (χ0n) is 17.7. The quantitative estimate of drug-likeness (QED) is 0.295. The van der Waals surface area contributed by atoms with Crippen molar-refractivity contribution in [2.45, 2.75) is 0 Å². The zero-order chi connectivity index (χ0) is 21.5. The fourth-order valence-electron chi connectivity index (χ4n) is 4.55. The van der Waals surface area contributed by atoms with Crippen LogP contribution >= 0.6 is 0 Å². The van der Waals surface area contributed by atoms with E-state index in [1.54, 1.807) is 7.11 Å². The SMILES string of the molecule is COc1ccc2ccccc2c1-c1nc(-c2ccc3ccccc3c2)cc2ccccc12. The van der Waals surface area contributed by atoms with Crippen molar-refractivity contribution in [3.05, 3.63) is 109 Å². The molecule has 0 saturated carbocycles. The lowest BCUT2D eigenvalue weighted by molar-refractivity contribution is 0.417. The molecule has 0 aliphatic heterocycles. The smallest absolute Gasteiger partial charge is 0.128 e. The molecule has 0 saturated heterocycles. The van der Waals surface area contributed by atoms with E-state index in [1.165, 1.54) is 16.2 Å².